The van der Waals surface area contributed by atoms with E-state index in [9.17, 15) is 0 Å². The Morgan fingerprint density at radius 3 is 1.94 bits per heavy atom. The highest BCUT2D eigenvalue weighted by Gasteiger charge is 2.30. The van der Waals surface area contributed by atoms with Crippen molar-refractivity contribution >= 4 is 105 Å². The van der Waals surface area contributed by atoms with Gasteiger partial charge >= 0.3 is 0 Å². The van der Waals surface area contributed by atoms with Gasteiger partial charge in [-0.3, -0.25) is 0 Å². The van der Waals surface area contributed by atoms with Crippen LogP contribution < -0.4 is 0 Å². The van der Waals surface area contributed by atoms with Crippen molar-refractivity contribution in [1.82, 2.24) is 4.57 Å². The molecule has 0 spiro atoms. The second-order valence-electron chi connectivity index (χ2n) is 18.9. The van der Waals surface area contributed by atoms with E-state index < -0.39 is 0 Å². The summed E-state index contributed by atoms with van der Waals surface area (Å²) in [6.07, 6.45) is 8.35. The minimum atomic E-state index is 0.121. The molecule has 5 heteroatoms. The standard InChI is InChI=1S/C63H39NO4/c1-7-15-56-41(9-1)47-26-24-45-49-31-36(18-17-35(49)19-23-40(60(45)62(47)67-56)38-21-29-58-51(33-38)43-11-3-5-13-54(43)65-58)37-20-28-53-50(32-37)46-25-27-48-42-10-2-8-16-57(42)68-63(48)61(46)64(53)39-22-30-59-52(34-39)44-12-4-6-14-55(44)66-59/h2-8,10-18,20-22,24-34,40H,1,9,19,23H2. The summed E-state index contributed by atoms with van der Waals surface area (Å²) < 4.78 is 28.8. The normalized spacial score (nSPS) is 14.9. The van der Waals surface area contributed by atoms with Crippen LogP contribution in [0.1, 0.15) is 46.8 Å². The van der Waals surface area contributed by atoms with Crippen LogP contribution in [0.5, 0.6) is 0 Å². The first-order chi connectivity index (χ1) is 33.7. The summed E-state index contributed by atoms with van der Waals surface area (Å²) in [7, 11) is 0. The Morgan fingerprint density at radius 2 is 1.12 bits per heavy atom. The Labute approximate surface area is 388 Å². The average Bonchev–Trinajstić information content (AvgIpc) is 4.20. The van der Waals surface area contributed by atoms with Crippen molar-refractivity contribution in [2.75, 3.05) is 0 Å². The summed E-state index contributed by atoms with van der Waals surface area (Å²) in [6, 6.07) is 61.7. The average molecular weight is 874 g/mol. The summed E-state index contributed by atoms with van der Waals surface area (Å²) in [5, 5.41) is 10.3. The van der Waals surface area contributed by atoms with Gasteiger partial charge in [-0.1, -0.05) is 103 Å². The van der Waals surface area contributed by atoms with Gasteiger partial charge in [-0.2, -0.15) is 0 Å². The van der Waals surface area contributed by atoms with E-state index in [4.69, 9.17) is 17.7 Å². The van der Waals surface area contributed by atoms with Crippen molar-refractivity contribution < 1.29 is 17.7 Å². The van der Waals surface area contributed by atoms with Gasteiger partial charge in [-0.15, -0.1) is 0 Å². The molecular formula is C63H39NO4. The number of para-hydroxylation sites is 3. The first-order valence-electron chi connectivity index (χ1n) is 23.8. The molecule has 5 heterocycles. The van der Waals surface area contributed by atoms with Gasteiger partial charge in [0.15, 0.2) is 5.58 Å². The molecule has 0 saturated heterocycles. The second-order valence-corrected chi connectivity index (χ2v) is 18.9. The molecule has 14 aromatic rings. The SMILES string of the molecule is C1=Cc2oc3c4c(ccc3c2CC1)-c1cc(-c2ccc3c(c2)c2ccc5c6ccccc6oc5c2n3-c2ccc3oc5ccccc5c3c2)ccc1CCC4c1ccc2oc3ccccc3c2c1. The first-order valence-corrected chi connectivity index (χ1v) is 23.8. The number of hydrogen-bond acceptors (Lipinski definition) is 4. The molecule has 68 heavy (non-hydrogen) atoms. The lowest BCUT2D eigenvalue weighted by atomic mass is 9.83. The molecule has 0 saturated carbocycles. The molecule has 2 aliphatic rings. The number of fused-ring (bicyclic) bond motifs is 20. The van der Waals surface area contributed by atoms with Crippen LogP contribution >= 0.6 is 0 Å². The Kier molecular flexibility index (Phi) is 7.29. The molecular weight excluding hydrogens is 835 g/mol. The fraction of sp³-hybridized carbons (Fsp3) is 0.0794. The molecule has 0 N–H and O–H groups in total. The fourth-order valence-electron chi connectivity index (χ4n) is 12.2. The van der Waals surface area contributed by atoms with Crippen molar-refractivity contribution in [2.24, 2.45) is 0 Å². The predicted octanol–water partition coefficient (Wildman–Crippen LogP) is 17.6. The molecule has 5 aromatic heterocycles. The third kappa shape index (κ3) is 5.05. The minimum Gasteiger partial charge on any atom is -0.456 e. The maximum Gasteiger partial charge on any atom is 0.160 e. The monoisotopic (exact) mass is 873 g/mol. The molecule has 5 nitrogen and oxygen atoms in total. The molecule has 0 radical (unpaired) electrons. The van der Waals surface area contributed by atoms with Gasteiger partial charge in [-0.05, 0) is 138 Å². The maximum atomic E-state index is 6.97. The summed E-state index contributed by atoms with van der Waals surface area (Å²) >= 11 is 0. The molecule has 320 valence electrons. The molecule has 0 amide bonds. The van der Waals surface area contributed by atoms with Crippen LogP contribution in [0, 0.1) is 0 Å². The van der Waals surface area contributed by atoms with Crippen LogP contribution in [0.2, 0.25) is 0 Å². The maximum absolute atomic E-state index is 6.97. The molecule has 16 rings (SSSR count). The highest BCUT2D eigenvalue weighted by molar-refractivity contribution is 6.22. The second kappa shape index (κ2) is 13.5. The van der Waals surface area contributed by atoms with E-state index in [1.165, 1.54) is 55.3 Å². The molecule has 0 bridgehead atoms. The molecule has 0 fully saturated rings. The third-order valence-electron chi connectivity index (χ3n) is 15.3. The highest BCUT2D eigenvalue weighted by atomic mass is 16.3. The molecule has 9 aromatic carbocycles. The van der Waals surface area contributed by atoms with Crippen molar-refractivity contribution in [3.63, 3.8) is 0 Å². The first kappa shape index (κ1) is 36.7. The van der Waals surface area contributed by atoms with Crippen molar-refractivity contribution in [2.45, 2.75) is 31.6 Å². The van der Waals surface area contributed by atoms with Gasteiger partial charge in [0, 0.05) is 71.2 Å². The van der Waals surface area contributed by atoms with Crippen molar-refractivity contribution in [1.29, 1.82) is 0 Å². The summed E-state index contributed by atoms with van der Waals surface area (Å²) in [4.78, 5) is 0. The van der Waals surface area contributed by atoms with Crippen LogP contribution in [0.4, 0.5) is 0 Å². The highest BCUT2D eigenvalue weighted by Crippen LogP contribution is 2.49. The quantitative estimate of drug-likeness (QED) is 0.177. The number of allylic oxidation sites excluding steroid dienone is 1. The number of hydrogen-bond donors (Lipinski definition) is 0. The van der Waals surface area contributed by atoms with E-state index in [0.717, 1.165) is 125 Å². The van der Waals surface area contributed by atoms with Gasteiger partial charge in [0.1, 0.15) is 39.3 Å². The molecule has 1 unspecified atom stereocenters. The van der Waals surface area contributed by atoms with Gasteiger partial charge in [-0.25, -0.2) is 0 Å². The van der Waals surface area contributed by atoms with Crippen LogP contribution in [0.25, 0.3) is 133 Å². The smallest absolute Gasteiger partial charge is 0.160 e. The fourth-order valence-corrected chi connectivity index (χ4v) is 12.2. The van der Waals surface area contributed by atoms with E-state index >= 15 is 0 Å². The number of benzene rings is 9. The number of rotatable bonds is 3. The zero-order valence-corrected chi connectivity index (χ0v) is 36.8. The largest absolute Gasteiger partial charge is 0.456 e. The van der Waals surface area contributed by atoms with Gasteiger partial charge < -0.3 is 22.2 Å². The van der Waals surface area contributed by atoms with Crippen molar-refractivity contribution in [3.8, 4) is 27.9 Å². The number of aryl methyl sites for hydroxylation is 2. The summed E-state index contributed by atoms with van der Waals surface area (Å²) in [6.45, 7) is 0. The Morgan fingerprint density at radius 1 is 0.441 bits per heavy atom. The van der Waals surface area contributed by atoms with Gasteiger partial charge in [0.25, 0.3) is 0 Å². The van der Waals surface area contributed by atoms with Crippen molar-refractivity contribution in [3.05, 3.63) is 204 Å². The van der Waals surface area contributed by atoms with Gasteiger partial charge in [0.2, 0.25) is 0 Å². The minimum absolute atomic E-state index is 0.121. The van der Waals surface area contributed by atoms with E-state index in [2.05, 4.69) is 162 Å². The van der Waals surface area contributed by atoms with E-state index in [0.29, 0.717) is 0 Å². The van der Waals surface area contributed by atoms with Gasteiger partial charge in [0.05, 0.1) is 11.0 Å². The molecule has 0 aliphatic heterocycles. The van der Waals surface area contributed by atoms with E-state index in [1.807, 2.05) is 24.3 Å². The topological polar surface area (TPSA) is 57.5 Å². The predicted molar refractivity (Wildman–Crippen MR) is 277 cm³/mol. The lowest BCUT2D eigenvalue weighted by Gasteiger charge is -2.19. The Hall–Kier alpha value is -8.54. The zero-order valence-electron chi connectivity index (χ0n) is 36.8. The van der Waals surface area contributed by atoms with Crippen LogP contribution in [0.3, 0.4) is 0 Å². The summed E-state index contributed by atoms with van der Waals surface area (Å²) in [5.41, 5.74) is 19.7. The number of aromatic nitrogens is 1. The number of furan rings is 4. The zero-order chi connectivity index (χ0) is 44.2. The lowest BCUT2D eigenvalue weighted by Crippen LogP contribution is -2.03. The summed E-state index contributed by atoms with van der Waals surface area (Å²) in [5.74, 6) is 1.12. The molecule has 1 atom stereocenters. The van der Waals surface area contributed by atoms with Crippen LogP contribution in [-0.2, 0) is 12.8 Å². The van der Waals surface area contributed by atoms with E-state index in [-0.39, 0.29) is 5.92 Å². The molecule has 2 aliphatic carbocycles. The van der Waals surface area contributed by atoms with Crippen LogP contribution in [0.15, 0.2) is 194 Å². The lowest BCUT2D eigenvalue weighted by molar-refractivity contribution is 0.585. The van der Waals surface area contributed by atoms with E-state index in [1.54, 1.807) is 0 Å². The Bertz CT molecular complexity index is 4520. The van der Waals surface area contributed by atoms with Crippen LogP contribution in [-0.4, -0.2) is 4.57 Å². The third-order valence-corrected chi connectivity index (χ3v) is 15.3. The number of nitrogens with zero attached hydrogens (tertiary/aromatic N) is 1. The Balaban J connectivity index is 0.902.